The number of ether oxygens (including phenoxy) is 1. The van der Waals surface area contributed by atoms with Crippen LogP contribution in [0.3, 0.4) is 0 Å². The highest BCUT2D eigenvalue weighted by Gasteiger charge is 2.10. The van der Waals surface area contributed by atoms with Crippen molar-refractivity contribution in [3.05, 3.63) is 65.2 Å². The van der Waals surface area contributed by atoms with Gasteiger partial charge in [0, 0.05) is 6.07 Å². The minimum Gasteiger partial charge on any atom is -0.493 e. The molecule has 0 bridgehead atoms. The van der Waals surface area contributed by atoms with Crippen LogP contribution in [-0.2, 0) is 0 Å². The summed E-state index contributed by atoms with van der Waals surface area (Å²) in [5, 5.41) is 0. The van der Waals surface area contributed by atoms with E-state index in [1.165, 1.54) is 11.6 Å². The number of hydrogen-bond donors (Lipinski definition) is 1. The van der Waals surface area contributed by atoms with Crippen LogP contribution >= 0.6 is 0 Å². The molecule has 0 saturated heterocycles. The molecule has 0 radical (unpaired) electrons. The molecule has 0 heterocycles. The number of aryl methyl sites for hydroxylation is 1. The summed E-state index contributed by atoms with van der Waals surface area (Å²) in [6.45, 7) is 2.96. The van der Waals surface area contributed by atoms with Gasteiger partial charge in [0.15, 0.2) is 11.6 Å². The maximum Gasteiger partial charge on any atom is 0.162 e. The molecular weight excluding hydrogens is 272 g/mol. The van der Waals surface area contributed by atoms with Gasteiger partial charge in [-0.3, -0.25) is 0 Å². The van der Waals surface area contributed by atoms with Crippen LogP contribution in [0.4, 0.5) is 8.78 Å². The van der Waals surface area contributed by atoms with Crippen LogP contribution in [0.1, 0.15) is 23.5 Å². The molecule has 0 aliphatic carbocycles. The molecule has 0 fully saturated rings. The van der Waals surface area contributed by atoms with Crippen LogP contribution in [0, 0.1) is 18.6 Å². The molecule has 0 aliphatic rings. The summed E-state index contributed by atoms with van der Waals surface area (Å²) in [6.07, 6.45) is 0.721. The summed E-state index contributed by atoms with van der Waals surface area (Å²) in [5.74, 6) is -1.26. The normalized spacial score (nSPS) is 12.2. The second kappa shape index (κ2) is 7.18. The zero-order valence-corrected chi connectivity index (χ0v) is 12.0. The first-order chi connectivity index (χ1) is 10.1. The molecule has 2 rings (SSSR count). The lowest BCUT2D eigenvalue weighted by atomic mass is 9.95. The van der Waals surface area contributed by atoms with Crippen LogP contribution in [0.25, 0.3) is 0 Å². The van der Waals surface area contributed by atoms with E-state index in [4.69, 9.17) is 10.5 Å². The van der Waals surface area contributed by atoms with Crippen molar-refractivity contribution in [3.8, 4) is 5.75 Å². The van der Waals surface area contributed by atoms with Gasteiger partial charge in [-0.2, -0.15) is 0 Å². The molecule has 112 valence electrons. The molecule has 2 aromatic carbocycles. The second-order valence-corrected chi connectivity index (χ2v) is 5.06. The Balaban J connectivity index is 1.91. The highest BCUT2D eigenvalue weighted by molar-refractivity contribution is 5.25. The van der Waals surface area contributed by atoms with Gasteiger partial charge in [0.1, 0.15) is 5.75 Å². The van der Waals surface area contributed by atoms with Gasteiger partial charge in [-0.25, -0.2) is 8.78 Å². The molecule has 0 aliphatic heterocycles. The van der Waals surface area contributed by atoms with E-state index in [1.54, 1.807) is 0 Å². The third kappa shape index (κ3) is 4.26. The van der Waals surface area contributed by atoms with Crippen molar-refractivity contribution in [3.63, 3.8) is 0 Å². The average molecular weight is 291 g/mol. The first-order valence-electron chi connectivity index (χ1n) is 6.94. The Hall–Kier alpha value is -1.94. The molecule has 2 N–H and O–H groups in total. The first kappa shape index (κ1) is 15.4. The number of benzene rings is 2. The molecule has 4 heteroatoms. The van der Waals surface area contributed by atoms with Gasteiger partial charge in [-0.15, -0.1) is 0 Å². The van der Waals surface area contributed by atoms with E-state index < -0.39 is 11.6 Å². The smallest absolute Gasteiger partial charge is 0.162 e. The van der Waals surface area contributed by atoms with Crippen molar-refractivity contribution < 1.29 is 13.5 Å². The Morgan fingerprint density at radius 3 is 2.38 bits per heavy atom. The summed E-state index contributed by atoms with van der Waals surface area (Å²) in [5.41, 5.74) is 8.17. The van der Waals surface area contributed by atoms with Crippen LogP contribution in [0.5, 0.6) is 5.75 Å². The lowest BCUT2D eigenvalue weighted by molar-refractivity contribution is 0.296. The number of hydrogen-bond acceptors (Lipinski definition) is 2. The molecule has 2 aromatic rings. The molecule has 0 aromatic heterocycles. The highest BCUT2D eigenvalue weighted by Crippen LogP contribution is 2.21. The number of rotatable bonds is 6. The van der Waals surface area contributed by atoms with E-state index in [2.05, 4.69) is 12.1 Å². The van der Waals surface area contributed by atoms with Gasteiger partial charge < -0.3 is 10.5 Å². The Morgan fingerprint density at radius 1 is 1.05 bits per heavy atom. The van der Waals surface area contributed by atoms with E-state index in [-0.39, 0.29) is 5.92 Å². The summed E-state index contributed by atoms with van der Waals surface area (Å²) in [7, 11) is 0. The Morgan fingerprint density at radius 2 is 1.76 bits per heavy atom. The van der Waals surface area contributed by atoms with E-state index in [0.29, 0.717) is 18.9 Å². The molecule has 1 unspecified atom stereocenters. The minimum absolute atomic E-state index is 0.191. The predicted octanol–water partition coefficient (Wildman–Crippen LogP) is 3.78. The van der Waals surface area contributed by atoms with E-state index in [1.807, 2.05) is 19.1 Å². The van der Waals surface area contributed by atoms with Gasteiger partial charge >= 0.3 is 0 Å². The maximum atomic E-state index is 13.1. The predicted molar refractivity (Wildman–Crippen MR) is 79.4 cm³/mol. The molecule has 2 nitrogen and oxygen atoms in total. The maximum absolute atomic E-state index is 13.1. The highest BCUT2D eigenvalue weighted by atomic mass is 19.2. The molecule has 21 heavy (non-hydrogen) atoms. The Labute approximate surface area is 123 Å². The summed E-state index contributed by atoms with van der Waals surface area (Å²) in [4.78, 5) is 0. The lowest BCUT2D eigenvalue weighted by Gasteiger charge is -2.16. The third-order valence-electron chi connectivity index (χ3n) is 3.46. The number of nitrogens with two attached hydrogens (primary N) is 1. The first-order valence-corrected chi connectivity index (χ1v) is 6.94. The van der Waals surface area contributed by atoms with E-state index in [9.17, 15) is 8.78 Å². The monoisotopic (exact) mass is 291 g/mol. The lowest BCUT2D eigenvalue weighted by Crippen LogP contribution is -2.15. The zero-order valence-electron chi connectivity index (χ0n) is 12.0. The van der Waals surface area contributed by atoms with Gasteiger partial charge in [0.2, 0.25) is 0 Å². The van der Waals surface area contributed by atoms with Crippen molar-refractivity contribution in [1.82, 2.24) is 0 Å². The molecule has 0 saturated carbocycles. The topological polar surface area (TPSA) is 35.2 Å². The van der Waals surface area contributed by atoms with E-state index >= 15 is 0 Å². The van der Waals surface area contributed by atoms with Crippen molar-refractivity contribution in [2.24, 2.45) is 5.73 Å². The van der Waals surface area contributed by atoms with Crippen LogP contribution in [-0.4, -0.2) is 13.2 Å². The summed E-state index contributed by atoms with van der Waals surface area (Å²) < 4.78 is 31.3. The third-order valence-corrected chi connectivity index (χ3v) is 3.46. The van der Waals surface area contributed by atoms with Crippen LogP contribution < -0.4 is 10.5 Å². The van der Waals surface area contributed by atoms with Crippen molar-refractivity contribution in [2.75, 3.05) is 13.2 Å². The summed E-state index contributed by atoms with van der Waals surface area (Å²) in [6, 6.07) is 11.8. The fourth-order valence-electron chi connectivity index (χ4n) is 2.14. The zero-order chi connectivity index (χ0) is 15.2. The van der Waals surface area contributed by atoms with Crippen molar-refractivity contribution in [1.29, 1.82) is 0 Å². The van der Waals surface area contributed by atoms with Crippen LogP contribution in [0.15, 0.2) is 42.5 Å². The molecule has 1 atom stereocenters. The van der Waals surface area contributed by atoms with Crippen molar-refractivity contribution >= 4 is 0 Å². The standard InChI is InChI=1S/C17H19F2NO/c1-12-2-4-13(5-3-12)14(11-20)8-9-21-15-6-7-16(18)17(19)10-15/h2-7,10,14H,8-9,11,20H2,1H3. The Bertz CT molecular complexity index is 584. The minimum atomic E-state index is -0.901. The quantitative estimate of drug-likeness (QED) is 0.879. The molecule has 0 spiro atoms. The Kier molecular flexibility index (Phi) is 5.28. The van der Waals surface area contributed by atoms with Crippen LogP contribution in [0.2, 0.25) is 0 Å². The van der Waals surface area contributed by atoms with Crippen molar-refractivity contribution in [2.45, 2.75) is 19.3 Å². The SMILES string of the molecule is Cc1ccc(C(CN)CCOc2ccc(F)c(F)c2)cc1. The van der Waals surface area contributed by atoms with Gasteiger partial charge in [0.25, 0.3) is 0 Å². The largest absolute Gasteiger partial charge is 0.493 e. The number of halogens is 2. The van der Waals surface area contributed by atoms with Gasteiger partial charge in [0.05, 0.1) is 6.61 Å². The molecular formula is C17H19F2NO. The van der Waals surface area contributed by atoms with E-state index in [0.717, 1.165) is 24.1 Å². The average Bonchev–Trinajstić information content (AvgIpc) is 2.48. The summed E-state index contributed by atoms with van der Waals surface area (Å²) >= 11 is 0. The fraction of sp³-hybridized carbons (Fsp3) is 0.294. The second-order valence-electron chi connectivity index (χ2n) is 5.06. The van der Waals surface area contributed by atoms with Gasteiger partial charge in [-0.1, -0.05) is 29.8 Å². The molecule has 0 amide bonds. The van der Waals surface area contributed by atoms with Gasteiger partial charge in [-0.05, 0) is 43.5 Å². The fourth-order valence-corrected chi connectivity index (χ4v) is 2.14.